The van der Waals surface area contributed by atoms with E-state index in [0.29, 0.717) is 0 Å². The smallest absolute Gasteiger partial charge is 0.872 e. The molecular weight excluding hydrogens is 336 g/mol. The van der Waals surface area contributed by atoms with Gasteiger partial charge in [0.15, 0.2) is 0 Å². The van der Waals surface area contributed by atoms with E-state index in [1.54, 1.807) is 0 Å². The van der Waals surface area contributed by atoms with Crippen molar-refractivity contribution in [2.75, 3.05) is 0 Å². The fourth-order valence-electron chi connectivity index (χ4n) is 2.97. The summed E-state index contributed by atoms with van der Waals surface area (Å²) in [6, 6.07) is 20.3. The Morgan fingerprint density at radius 2 is 1.54 bits per heavy atom. The molecule has 0 aromatic heterocycles. The largest absolute Gasteiger partial charge is 2.00 e. The third-order valence-corrected chi connectivity index (χ3v) is 4.09. The zero-order valence-electron chi connectivity index (χ0n) is 13.5. The summed E-state index contributed by atoms with van der Waals surface area (Å²) in [4.78, 5) is 0. The van der Waals surface area contributed by atoms with E-state index in [4.69, 9.17) is 0 Å². The topological polar surface area (TPSA) is 23.1 Å². The minimum Gasteiger partial charge on any atom is -0.872 e. The monoisotopic (exact) mass is 356 g/mol. The van der Waals surface area contributed by atoms with Gasteiger partial charge in [-0.1, -0.05) is 66.0 Å². The van der Waals surface area contributed by atoms with E-state index in [0.717, 1.165) is 30.4 Å². The summed E-state index contributed by atoms with van der Waals surface area (Å²) >= 11 is 0. The van der Waals surface area contributed by atoms with Gasteiger partial charge in [0, 0.05) is 0 Å². The molecule has 2 heteroatoms. The maximum Gasteiger partial charge on any atom is 2.00 e. The molecule has 2 aromatic carbocycles. The van der Waals surface area contributed by atoms with Crippen LogP contribution in [-0.4, -0.2) is 0 Å². The Morgan fingerprint density at radius 1 is 0.875 bits per heavy atom. The average Bonchev–Trinajstić information content (AvgIpc) is 3.39. The Bertz CT molecular complexity index is 715. The number of benzene rings is 1. The van der Waals surface area contributed by atoms with Gasteiger partial charge >= 0.3 is 17.1 Å². The van der Waals surface area contributed by atoms with E-state index >= 15 is 0 Å². The molecule has 0 saturated carbocycles. The maximum atomic E-state index is 12.4. The summed E-state index contributed by atoms with van der Waals surface area (Å²) in [5, 5.41) is 12.4. The zero-order valence-corrected chi connectivity index (χ0v) is 14.6. The third-order valence-electron chi connectivity index (χ3n) is 4.09. The molecule has 4 rings (SSSR count). The van der Waals surface area contributed by atoms with Gasteiger partial charge in [0.1, 0.15) is 0 Å². The van der Waals surface area contributed by atoms with Crippen molar-refractivity contribution in [3.8, 4) is 0 Å². The molecule has 0 heterocycles. The molecule has 24 heavy (non-hydrogen) atoms. The quantitative estimate of drug-likeness (QED) is 0.432. The molecule has 0 saturated heterocycles. The molecule has 2 aliphatic carbocycles. The molecule has 0 amide bonds. The summed E-state index contributed by atoms with van der Waals surface area (Å²) in [5.41, 5.74) is 4.26. The molecule has 0 bridgehead atoms. The first-order valence-corrected chi connectivity index (χ1v) is 8.07. The number of hydrogen-bond acceptors (Lipinski definition) is 1. The fraction of sp³-hybridized carbons (Fsp3) is 0.136. The van der Waals surface area contributed by atoms with Crippen LogP contribution in [0.2, 0.25) is 0 Å². The van der Waals surface area contributed by atoms with Gasteiger partial charge in [0.2, 0.25) is 0 Å². The fourth-order valence-corrected chi connectivity index (χ4v) is 2.97. The van der Waals surface area contributed by atoms with Gasteiger partial charge in [-0.3, -0.25) is 0 Å². The van der Waals surface area contributed by atoms with E-state index in [9.17, 15) is 5.11 Å². The predicted molar refractivity (Wildman–Crippen MR) is 94.6 cm³/mol. The van der Waals surface area contributed by atoms with Gasteiger partial charge in [-0.15, -0.1) is 0 Å². The first-order valence-electron chi connectivity index (χ1n) is 8.07. The molecule has 0 unspecified atom stereocenters. The number of rotatable bonds is 2. The molecule has 122 valence electrons. The molecule has 0 aliphatic heterocycles. The van der Waals surface area contributed by atoms with Crippen molar-refractivity contribution < 1.29 is 22.2 Å². The van der Waals surface area contributed by atoms with Gasteiger partial charge in [-0.2, -0.15) is 18.2 Å². The van der Waals surface area contributed by atoms with Crippen molar-refractivity contribution >= 4 is 5.57 Å². The molecule has 1 nitrogen and oxygen atoms in total. The molecule has 0 radical (unpaired) electrons. The van der Waals surface area contributed by atoms with Gasteiger partial charge in [0.25, 0.3) is 0 Å². The van der Waals surface area contributed by atoms with Crippen LogP contribution in [0.25, 0.3) is 5.57 Å². The van der Waals surface area contributed by atoms with Gasteiger partial charge in [-0.25, -0.2) is 12.1 Å². The summed E-state index contributed by atoms with van der Waals surface area (Å²) < 4.78 is 0. The van der Waals surface area contributed by atoms with Crippen molar-refractivity contribution in [3.63, 3.8) is 0 Å². The molecule has 0 spiro atoms. The van der Waals surface area contributed by atoms with Crippen LogP contribution in [0.1, 0.15) is 24.8 Å². The summed E-state index contributed by atoms with van der Waals surface area (Å²) in [7, 11) is 0. The van der Waals surface area contributed by atoms with E-state index in [2.05, 4.69) is 12.1 Å². The van der Waals surface area contributed by atoms with Crippen LogP contribution in [0, 0.1) is 0 Å². The van der Waals surface area contributed by atoms with Crippen LogP contribution in [0.15, 0.2) is 102 Å². The number of allylic oxidation sites excluding steroid dienone is 7. The maximum absolute atomic E-state index is 12.4. The second kappa shape index (κ2) is 9.22. The van der Waals surface area contributed by atoms with E-state index in [1.807, 2.05) is 72.8 Å². The molecule has 2 aromatic rings. The van der Waals surface area contributed by atoms with Crippen molar-refractivity contribution in [2.45, 2.75) is 19.3 Å². The minimum atomic E-state index is 0. The van der Waals surface area contributed by atoms with Crippen LogP contribution < -0.4 is 5.11 Å². The molecule has 0 fully saturated rings. The van der Waals surface area contributed by atoms with Crippen molar-refractivity contribution in [1.29, 1.82) is 0 Å². The van der Waals surface area contributed by atoms with Crippen molar-refractivity contribution in [2.24, 2.45) is 0 Å². The third kappa shape index (κ3) is 4.44. The van der Waals surface area contributed by atoms with Crippen LogP contribution >= 0.6 is 0 Å². The van der Waals surface area contributed by atoms with Crippen LogP contribution in [0.3, 0.4) is 0 Å². The Morgan fingerprint density at radius 3 is 2.12 bits per heavy atom. The van der Waals surface area contributed by atoms with Crippen LogP contribution in [0.4, 0.5) is 0 Å². The zero-order chi connectivity index (χ0) is 15.9. The molecule has 0 atom stereocenters. The van der Waals surface area contributed by atoms with E-state index in [-0.39, 0.29) is 22.8 Å². The van der Waals surface area contributed by atoms with Crippen molar-refractivity contribution in [1.82, 2.24) is 0 Å². The normalized spacial score (nSPS) is 15.1. The first kappa shape index (κ1) is 18.2. The Hall–Kier alpha value is -2.15. The second-order valence-corrected chi connectivity index (χ2v) is 5.64. The Kier molecular flexibility index (Phi) is 6.99. The van der Waals surface area contributed by atoms with E-state index < -0.39 is 0 Å². The predicted octanol–water partition coefficient (Wildman–Crippen LogP) is 4.77. The van der Waals surface area contributed by atoms with Gasteiger partial charge in [-0.05, 0) is 36.0 Å². The molecule has 0 N–H and O–H groups in total. The minimum absolute atomic E-state index is 0. The number of hydrogen-bond donors (Lipinski definition) is 0. The van der Waals surface area contributed by atoms with Gasteiger partial charge in [0.05, 0.1) is 0 Å². The summed E-state index contributed by atoms with van der Waals surface area (Å²) in [5.74, 6) is 0.205. The second-order valence-electron chi connectivity index (χ2n) is 5.64. The van der Waals surface area contributed by atoms with E-state index in [1.165, 1.54) is 11.1 Å². The Balaban J connectivity index is 0.000000300. The first-order chi connectivity index (χ1) is 11.4. The van der Waals surface area contributed by atoms with Crippen molar-refractivity contribution in [3.05, 3.63) is 107 Å². The molecule has 2 aliphatic rings. The summed E-state index contributed by atoms with van der Waals surface area (Å²) in [6.45, 7) is 0. The van der Waals surface area contributed by atoms with Gasteiger partial charge < -0.3 is 5.11 Å². The summed E-state index contributed by atoms with van der Waals surface area (Å²) in [6.07, 6.45) is 10.7. The average molecular weight is 356 g/mol. The SMILES string of the molecule is [Fe+2].[O-]C(=C1C=CC=C1)C1=C(c2ccccc2)CCC1.c1cc[cH-]c1. The molecular formula is C22H20FeO. The van der Waals surface area contributed by atoms with Crippen LogP contribution in [0.5, 0.6) is 0 Å². The standard InChI is InChI=1S/C17H16O.C5H5.Fe/c18-17(14-9-4-5-10-14)16-12-6-11-15(16)13-7-2-1-3-8-13;1-2-4-5-3-1;/h1-5,7-10,18H,6,11-12H2;1-5H;/q;-1;+2/p-1. The Labute approximate surface area is 154 Å². The van der Waals surface area contributed by atoms with Crippen LogP contribution in [-0.2, 0) is 17.1 Å².